The normalized spacial score (nSPS) is 10.4. The van der Waals surface area contributed by atoms with Gasteiger partial charge in [0.15, 0.2) is 5.76 Å². The number of thiophene rings is 1. The van der Waals surface area contributed by atoms with Crippen LogP contribution in [0.3, 0.4) is 0 Å². The molecule has 0 unspecified atom stereocenters. The highest BCUT2D eigenvalue weighted by atomic mass is 35.5. The largest absolute Gasteiger partial charge is 0.355 e. The number of aryl methyl sites for hydroxylation is 2. The van der Waals surface area contributed by atoms with Crippen molar-refractivity contribution in [1.82, 2.24) is 10.1 Å². The lowest BCUT2D eigenvalue weighted by atomic mass is 10.1. The fourth-order valence-electron chi connectivity index (χ4n) is 2.86. The lowest BCUT2D eigenvalue weighted by molar-refractivity contribution is 0.102. The summed E-state index contributed by atoms with van der Waals surface area (Å²) in [7, 11) is 0. The van der Waals surface area contributed by atoms with Gasteiger partial charge in [0.05, 0.1) is 11.1 Å². The maximum Gasteiger partial charge on any atom is 0.256 e. The van der Waals surface area contributed by atoms with Gasteiger partial charge in [-0.15, -0.1) is 23.7 Å². The van der Waals surface area contributed by atoms with Crippen LogP contribution >= 0.6 is 23.7 Å². The molecule has 1 aromatic carbocycles. The van der Waals surface area contributed by atoms with Crippen molar-refractivity contribution in [2.45, 2.75) is 13.8 Å². The molecular formula is C21H18ClN3O2S. The van der Waals surface area contributed by atoms with E-state index in [1.807, 2.05) is 37.3 Å². The van der Waals surface area contributed by atoms with E-state index >= 15 is 0 Å². The van der Waals surface area contributed by atoms with Gasteiger partial charge in [0.2, 0.25) is 0 Å². The minimum atomic E-state index is -0.137. The van der Waals surface area contributed by atoms with Crippen LogP contribution in [0, 0.1) is 13.8 Å². The minimum absolute atomic E-state index is 0. The van der Waals surface area contributed by atoms with Gasteiger partial charge in [0.25, 0.3) is 5.91 Å². The Balaban J connectivity index is 0.00000225. The van der Waals surface area contributed by atoms with Crippen molar-refractivity contribution in [3.05, 3.63) is 77.7 Å². The van der Waals surface area contributed by atoms with Crippen molar-refractivity contribution in [2.24, 2.45) is 0 Å². The summed E-state index contributed by atoms with van der Waals surface area (Å²) in [4.78, 5) is 18.7. The molecule has 5 nitrogen and oxygen atoms in total. The molecule has 0 aliphatic heterocycles. The topological polar surface area (TPSA) is 68.0 Å². The number of nitrogens with zero attached hydrogens (tertiary/aromatic N) is 2. The number of amides is 1. The molecule has 0 saturated heterocycles. The molecule has 0 atom stereocenters. The summed E-state index contributed by atoms with van der Waals surface area (Å²) in [6.07, 6.45) is 4.95. The molecule has 142 valence electrons. The standard InChI is InChI=1S/C21H17N3O2S.ClH/c1-13-11-19(18-8-10-23-26-18)27-20(13)15-3-5-16(6-4-15)24-21(25)17-7-9-22-12-14(17)2;/h3-12H,1-2H3,(H,24,25);1H. The number of carbonyl (C=O) groups excluding carboxylic acids is 1. The van der Waals surface area contributed by atoms with E-state index in [1.165, 1.54) is 10.4 Å². The van der Waals surface area contributed by atoms with Gasteiger partial charge in [0.1, 0.15) is 0 Å². The number of aromatic nitrogens is 2. The van der Waals surface area contributed by atoms with Crippen molar-refractivity contribution in [3.63, 3.8) is 0 Å². The summed E-state index contributed by atoms with van der Waals surface area (Å²) < 4.78 is 5.25. The molecule has 7 heteroatoms. The highest BCUT2D eigenvalue weighted by Gasteiger charge is 2.13. The van der Waals surface area contributed by atoms with Crippen molar-refractivity contribution in [2.75, 3.05) is 5.32 Å². The van der Waals surface area contributed by atoms with Gasteiger partial charge >= 0.3 is 0 Å². The molecule has 0 fully saturated rings. The molecular weight excluding hydrogens is 394 g/mol. The minimum Gasteiger partial charge on any atom is -0.355 e. The second kappa shape index (κ2) is 8.37. The number of rotatable bonds is 4. The van der Waals surface area contributed by atoms with Gasteiger partial charge < -0.3 is 9.84 Å². The van der Waals surface area contributed by atoms with Gasteiger partial charge in [-0.3, -0.25) is 9.78 Å². The summed E-state index contributed by atoms with van der Waals surface area (Å²) in [5, 5.41) is 6.70. The zero-order valence-electron chi connectivity index (χ0n) is 15.3. The zero-order chi connectivity index (χ0) is 18.8. The predicted molar refractivity (Wildman–Crippen MR) is 114 cm³/mol. The number of anilines is 1. The Labute approximate surface area is 172 Å². The summed E-state index contributed by atoms with van der Waals surface area (Å²) in [5.41, 5.74) is 4.50. The van der Waals surface area contributed by atoms with Gasteiger partial charge in [0, 0.05) is 34.6 Å². The Hall–Kier alpha value is -2.96. The number of nitrogens with one attached hydrogen (secondary N) is 1. The van der Waals surface area contributed by atoms with Gasteiger partial charge in [-0.2, -0.15) is 0 Å². The first-order chi connectivity index (χ1) is 13.1. The fourth-order valence-corrected chi connectivity index (χ4v) is 4.00. The number of carbonyl (C=O) groups is 1. The number of halogens is 1. The Morgan fingerprint density at radius 3 is 2.50 bits per heavy atom. The average molecular weight is 412 g/mol. The molecule has 28 heavy (non-hydrogen) atoms. The lowest BCUT2D eigenvalue weighted by Gasteiger charge is -2.08. The third kappa shape index (κ3) is 3.98. The number of pyridine rings is 1. The second-order valence-electron chi connectivity index (χ2n) is 6.22. The first-order valence-corrected chi connectivity index (χ1v) is 9.27. The molecule has 0 aliphatic rings. The number of hydrogen-bond donors (Lipinski definition) is 1. The van der Waals surface area contributed by atoms with Crippen LogP contribution in [0.15, 0.2) is 65.6 Å². The Kier molecular flexibility index (Phi) is 5.92. The summed E-state index contributed by atoms with van der Waals surface area (Å²) in [5.74, 6) is 0.633. The molecule has 1 amide bonds. The molecule has 0 aliphatic carbocycles. The third-order valence-corrected chi connectivity index (χ3v) is 5.57. The van der Waals surface area contributed by atoms with Crippen LogP contribution in [-0.2, 0) is 0 Å². The first kappa shape index (κ1) is 19.8. The van der Waals surface area contributed by atoms with Crippen molar-refractivity contribution in [3.8, 4) is 21.1 Å². The van der Waals surface area contributed by atoms with Crippen molar-refractivity contribution >= 4 is 35.3 Å². The predicted octanol–water partition coefficient (Wildman–Crippen LogP) is 5.76. The van der Waals surface area contributed by atoms with Crippen LogP contribution in [0.1, 0.15) is 21.5 Å². The van der Waals surface area contributed by atoms with E-state index < -0.39 is 0 Å². The van der Waals surface area contributed by atoms with Gasteiger partial charge in [-0.25, -0.2) is 0 Å². The van der Waals surface area contributed by atoms with Crippen LogP contribution in [0.2, 0.25) is 0 Å². The molecule has 0 spiro atoms. The maximum atomic E-state index is 12.4. The summed E-state index contributed by atoms with van der Waals surface area (Å²) in [6, 6.07) is 13.5. The van der Waals surface area contributed by atoms with Crippen molar-refractivity contribution in [1.29, 1.82) is 0 Å². The monoisotopic (exact) mass is 411 g/mol. The van der Waals surface area contributed by atoms with E-state index in [9.17, 15) is 4.79 Å². The Bertz CT molecular complexity index is 1090. The molecule has 4 rings (SSSR count). The fraction of sp³-hybridized carbons (Fsp3) is 0.0952. The van der Waals surface area contributed by atoms with E-state index in [1.54, 1.807) is 36.0 Å². The van der Waals surface area contributed by atoms with Crippen molar-refractivity contribution < 1.29 is 9.32 Å². The van der Waals surface area contributed by atoms with Crippen LogP contribution in [-0.4, -0.2) is 16.0 Å². The van der Waals surface area contributed by atoms with Gasteiger partial charge in [-0.05, 0) is 54.8 Å². The van der Waals surface area contributed by atoms with E-state index in [4.69, 9.17) is 4.52 Å². The van der Waals surface area contributed by atoms with Gasteiger partial charge in [-0.1, -0.05) is 17.3 Å². The van der Waals surface area contributed by atoms with Crippen LogP contribution in [0.4, 0.5) is 5.69 Å². The highest BCUT2D eigenvalue weighted by molar-refractivity contribution is 7.19. The average Bonchev–Trinajstić information content (AvgIpc) is 3.32. The van der Waals surface area contributed by atoms with Crippen LogP contribution in [0.5, 0.6) is 0 Å². The van der Waals surface area contributed by atoms with Crippen LogP contribution in [0.25, 0.3) is 21.1 Å². The first-order valence-electron chi connectivity index (χ1n) is 8.46. The van der Waals surface area contributed by atoms with E-state index in [-0.39, 0.29) is 18.3 Å². The molecule has 0 radical (unpaired) electrons. The third-order valence-electron chi connectivity index (χ3n) is 4.27. The highest BCUT2D eigenvalue weighted by Crippen LogP contribution is 2.38. The molecule has 3 aromatic heterocycles. The molecule has 4 aromatic rings. The lowest BCUT2D eigenvalue weighted by Crippen LogP contribution is -2.13. The molecule has 0 saturated carbocycles. The Morgan fingerprint density at radius 2 is 1.82 bits per heavy atom. The maximum absolute atomic E-state index is 12.4. The van der Waals surface area contributed by atoms with E-state index in [0.717, 1.165) is 27.5 Å². The summed E-state index contributed by atoms with van der Waals surface area (Å²) in [6.45, 7) is 3.95. The quantitative estimate of drug-likeness (QED) is 0.463. The SMILES string of the molecule is Cc1cnccc1C(=O)Nc1ccc(-c2sc(-c3ccno3)cc2C)cc1.Cl. The number of hydrogen-bond acceptors (Lipinski definition) is 5. The zero-order valence-corrected chi connectivity index (χ0v) is 16.9. The molecule has 0 bridgehead atoms. The van der Waals surface area contributed by atoms with E-state index in [2.05, 4.69) is 28.4 Å². The smallest absolute Gasteiger partial charge is 0.256 e. The molecule has 3 heterocycles. The van der Waals surface area contributed by atoms with Crippen LogP contribution < -0.4 is 5.32 Å². The second-order valence-corrected chi connectivity index (χ2v) is 7.27. The summed E-state index contributed by atoms with van der Waals surface area (Å²) >= 11 is 1.66. The number of benzene rings is 1. The Morgan fingerprint density at radius 1 is 1.04 bits per heavy atom. The van der Waals surface area contributed by atoms with E-state index in [0.29, 0.717) is 5.56 Å². The molecule has 1 N–H and O–H groups in total.